The number of nitrogens with one attached hydrogen (secondary N) is 2. The number of hydrogen-bond acceptors (Lipinski definition) is 2. The Balaban J connectivity index is 1.77. The van der Waals surface area contributed by atoms with Gasteiger partial charge < -0.3 is 20.3 Å². The first-order valence-electron chi connectivity index (χ1n) is 6.66. The van der Waals surface area contributed by atoms with E-state index in [1.165, 1.54) is 12.1 Å². The Hall–Kier alpha value is -2.34. The second-order valence-corrected chi connectivity index (χ2v) is 4.71. The molecule has 3 N–H and O–H groups in total. The monoisotopic (exact) mass is 291 g/mol. The quantitative estimate of drug-likeness (QED) is 0.792. The van der Waals surface area contributed by atoms with E-state index in [0.717, 1.165) is 5.69 Å². The molecule has 2 aromatic rings. The Morgan fingerprint density at radius 2 is 2.10 bits per heavy atom. The van der Waals surface area contributed by atoms with E-state index < -0.39 is 18.0 Å². The minimum atomic E-state index is -0.654. The molecule has 2 rings (SSSR count). The fraction of sp³-hybridized carbons (Fsp3) is 0.267. The lowest BCUT2D eigenvalue weighted by molar-refractivity contribution is 0.159. The predicted octanol–water partition coefficient (Wildman–Crippen LogP) is 2.41. The van der Waals surface area contributed by atoms with E-state index >= 15 is 0 Å². The molecule has 21 heavy (non-hydrogen) atoms. The van der Waals surface area contributed by atoms with Gasteiger partial charge in [-0.2, -0.15) is 0 Å². The number of anilines is 1. The van der Waals surface area contributed by atoms with E-state index in [2.05, 4.69) is 10.6 Å². The normalized spacial score (nSPS) is 12.0. The van der Waals surface area contributed by atoms with Crippen molar-refractivity contribution in [1.29, 1.82) is 0 Å². The van der Waals surface area contributed by atoms with Crippen molar-refractivity contribution in [3.63, 3.8) is 0 Å². The molecule has 0 aliphatic carbocycles. The summed E-state index contributed by atoms with van der Waals surface area (Å²) in [6, 6.07) is 9.11. The summed E-state index contributed by atoms with van der Waals surface area (Å²) in [5.41, 5.74) is 0.907. The van der Waals surface area contributed by atoms with E-state index in [9.17, 15) is 14.3 Å². The van der Waals surface area contributed by atoms with Crippen LogP contribution in [0.1, 0.15) is 18.2 Å². The maximum atomic E-state index is 13.3. The Morgan fingerprint density at radius 1 is 1.33 bits per heavy atom. The highest BCUT2D eigenvalue weighted by atomic mass is 19.1. The predicted molar refractivity (Wildman–Crippen MR) is 78.4 cm³/mol. The summed E-state index contributed by atoms with van der Waals surface area (Å²) < 4.78 is 15.2. The van der Waals surface area contributed by atoms with Crippen LogP contribution in [0.25, 0.3) is 0 Å². The van der Waals surface area contributed by atoms with Gasteiger partial charge in [-0.05, 0) is 30.7 Å². The molecular formula is C15H18FN3O2. The first-order chi connectivity index (χ1) is 10.1. The summed E-state index contributed by atoms with van der Waals surface area (Å²) in [5, 5.41) is 15.0. The minimum absolute atomic E-state index is 0.123. The lowest BCUT2D eigenvalue weighted by atomic mass is 10.2. The number of halogens is 1. The van der Waals surface area contributed by atoms with Crippen molar-refractivity contribution in [2.24, 2.45) is 7.05 Å². The van der Waals surface area contributed by atoms with Gasteiger partial charge in [-0.3, -0.25) is 0 Å². The molecule has 1 atom stereocenters. The minimum Gasteiger partial charge on any atom is -0.387 e. The molecule has 1 aromatic heterocycles. The number of rotatable bonds is 5. The van der Waals surface area contributed by atoms with E-state index in [0.29, 0.717) is 6.42 Å². The molecule has 0 bridgehead atoms. The Morgan fingerprint density at radius 3 is 2.76 bits per heavy atom. The number of nitrogens with zero attached hydrogens (tertiary/aromatic N) is 1. The summed E-state index contributed by atoms with van der Waals surface area (Å²) in [4.78, 5) is 11.6. The van der Waals surface area contributed by atoms with Gasteiger partial charge in [0.15, 0.2) is 0 Å². The van der Waals surface area contributed by atoms with Gasteiger partial charge in [-0.1, -0.05) is 12.1 Å². The summed E-state index contributed by atoms with van der Waals surface area (Å²) in [6.45, 7) is 0.284. The summed E-state index contributed by atoms with van der Waals surface area (Å²) in [5.74, 6) is -0.489. The third kappa shape index (κ3) is 4.06. The number of aliphatic hydroxyl groups is 1. The number of urea groups is 1. The van der Waals surface area contributed by atoms with Crippen LogP contribution in [0.15, 0.2) is 42.6 Å². The number of carbonyl (C=O) groups excluding carboxylic acids is 1. The topological polar surface area (TPSA) is 66.3 Å². The lowest BCUT2D eigenvalue weighted by Crippen LogP contribution is -2.30. The fourth-order valence-corrected chi connectivity index (χ4v) is 2.02. The molecule has 0 unspecified atom stereocenters. The average Bonchev–Trinajstić information content (AvgIpc) is 2.87. The van der Waals surface area contributed by atoms with Crippen LogP contribution in [0, 0.1) is 5.82 Å². The van der Waals surface area contributed by atoms with Crippen LogP contribution in [0.4, 0.5) is 14.9 Å². The van der Waals surface area contributed by atoms with Crippen molar-refractivity contribution >= 4 is 11.7 Å². The molecule has 1 heterocycles. The largest absolute Gasteiger partial charge is 0.387 e. The Labute approximate surface area is 122 Å². The molecule has 6 heteroatoms. The van der Waals surface area contributed by atoms with Gasteiger partial charge in [-0.25, -0.2) is 9.18 Å². The molecule has 0 fully saturated rings. The zero-order chi connectivity index (χ0) is 15.2. The molecule has 2 amide bonds. The maximum absolute atomic E-state index is 13.3. The van der Waals surface area contributed by atoms with Gasteiger partial charge in [0.2, 0.25) is 0 Å². The summed E-state index contributed by atoms with van der Waals surface area (Å²) >= 11 is 0. The molecule has 0 radical (unpaired) electrons. The first kappa shape index (κ1) is 15.1. The van der Waals surface area contributed by atoms with Gasteiger partial charge in [0, 0.05) is 25.5 Å². The van der Waals surface area contributed by atoms with E-state index in [1.54, 1.807) is 12.1 Å². The number of benzene rings is 1. The molecule has 5 nitrogen and oxygen atoms in total. The number of hydrogen-bond donors (Lipinski definition) is 3. The molecule has 0 aliphatic heterocycles. The van der Waals surface area contributed by atoms with E-state index in [1.807, 2.05) is 29.9 Å². The highest BCUT2D eigenvalue weighted by Crippen LogP contribution is 2.15. The second kappa shape index (κ2) is 6.90. The van der Waals surface area contributed by atoms with Crippen LogP contribution in [0.3, 0.4) is 0 Å². The zero-order valence-electron chi connectivity index (χ0n) is 11.7. The van der Waals surface area contributed by atoms with Crippen LogP contribution in [0.2, 0.25) is 0 Å². The standard InChI is InChI=1S/C15H18FN3O2/c1-19-10-4-7-13(19)14(20)8-9-17-15(21)18-12-6-3-2-5-11(12)16/h2-7,10,14,20H,8-9H2,1H3,(H2,17,18,21)/t14-/m0/s1. The van der Waals surface area contributed by atoms with Crippen LogP contribution < -0.4 is 10.6 Å². The number of amides is 2. The Bertz CT molecular complexity index is 612. The summed E-state index contributed by atoms with van der Waals surface area (Å²) in [7, 11) is 1.84. The van der Waals surface area contributed by atoms with Gasteiger partial charge in [0.1, 0.15) is 5.82 Å². The van der Waals surface area contributed by atoms with E-state index in [4.69, 9.17) is 0 Å². The molecular weight excluding hydrogens is 273 g/mol. The van der Waals surface area contributed by atoms with Crippen LogP contribution in [-0.2, 0) is 7.05 Å². The number of carbonyl (C=O) groups is 1. The smallest absolute Gasteiger partial charge is 0.319 e. The van der Waals surface area contributed by atoms with Gasteiger partial charge in [0.25, 0.3) is 0 Å². The van der Waals surface area contributed by atoms with E-state index in [-0.39, 0.29) is 12.2 Å². The first-order valence-corrected chi connectivity index (χ1v) is 6.66. The van der Waals surface area contributed by atoms with Gasteiger partial charge in [-0.15, -0.1) is 0 Å². The third-order valence-electron chi connectivity index (χ3n) is 3.15. The SMILES string of the molecule is Cn1cccc1[C@@H](O)CCNC(=O)Nc1ccccc1F. The number of aromatic nitrogens is 1. The van der Waals surface area contributed by atoms with Crippen molar-refractivity contribution in [3.8, 4) is 0 Å². The average molecular weight is 291 g/mol. The van der Waals surface area contributed by atoms with Crippen molar-refractivity contribution in [1.82, 2.24) is 9.88 Å². The Kier molecular flexibility index (Phi) is 4.94. The van der Waals surface area contributed by atoms with Gasteiger partial charge >= 0.3 is 6.03 Å². The van der Waals surface area contributed by atoms with Crippen LogP contribution >= 0.6 is 0 Å². The number of para-hydroxylation sites is 1. The molecule has 0 spiro atoms. The third-order valence-corrected chi connectivity index (χ3v) is 3.15. The molecule has 0 saturated heterocycles. The van der Waals surface area contributed by atoms with Crippen molar-refractivity contribution in [2.45, 2.75) is 12.5 Å². The van der Waals surface area contributed by atoms with Crippen LogP contribution in [0.5, 0.6) is 0 Å². The fourth-order valence-electron chi connectivity index (χ4n) is 2.02. The lowest BCUT2D eigenvalue weighted by Gasteiger charge is -2.13. The highest BCUT2D eigenvalue weighted by molar-refractivity contribution is 5.89. The zero-order valence-corrected chi connectivity index (χ0v) is 11.7. The van der Waals surface area contributed by atoms with Crippen molar-refractivity contribution in [2.75, 3.05) is 11.9 Å². The summed E-state index contributed by atoms with van der Waals surface area (Å²) in [6.07, 6.45) is 1.57. The molecule has 0 aliphatic rings. The van der Waals surface area contributed by atoms with Gasteiger partial charge in [0.05, 0.1) is 11.8 Å². The highest BCUT2D eigenvalue weighted by Gasteiger charge is 2.11. The molecule has 112 valence electrons. The number of aryl methyl sites for hydroxylation is 1. The molecule has 1 aromatic carbocycles. The van der Waals surface area contributed by atoms with Crippen LogP contribution in [-0.4, -0.2) is 22.2 Å². The number of aliphatic hydroxyl groups excluding tert-OH is 1. The van der Waals surface area contributed by atoms with Crippen molar-refractivity contribution < 1.29 is 14.3 Å². The second-order valence-electron chi connectivity index (χ2n) is 4.71. The molecule has 0 saturated carbocycles. The maximum Gasteiger partial charge on any atom is 0.319 e. The van der Waals surface area contributed by atoms with Crippen molar-refractivity contribution in [3.05, 3.63) is 54.1 Å².